The largest absolute Gasteiger partial charge is 0.450 e. The fraction of sp³-hybridized carbons (Fsp3) is 0.125. The summed E-state index contributed by atoms with van der Waals surface area (Å²) in [7, 11) is 0. The smallest absolute Gasteiger partial charge is 0.291 e. The third kappa shape index (κ3) is 2.90. The van der Waals surface area contributed by atoms with Crippen molar-refractivity contribution in [3.05, 3.63) is 110 Å². The van der Waals surface area contributed by atoms with Crippen molar-refractivity contribution in [1.29, 1.82) is 0 Å². The number of benzene rings is 2. The zero-order valence-electron chi connectivity index (χ0n) is 16.1. The van der Waals surface area contributed by atoms with E-state index in [1.807, 2.05) is 49.4 Å². The summed E-state index contributed by atoms with van der Waals surface area (Å²) in [5, 5.41) is 0.842. The van der Waals surface area contributed by atoms with Gasteiger partial charge in [0.15, 0.2) is 5.43 Å². The number of aryl methyl sites for hydroxylation is 1. The van der Waals surface area contributed by atoms with Crippen LogP contribution in [0.4, 0.5) is 0 Å². The van der Waals surface area contributed by atoms with Crippen LogP contribution in [0.25, 0.3) is 11.0 Å². The highest BCUT2D eigenvalue weighted by atomic mass is 35.5. The standard InChI is InChI=1S/C24H17ClN2O3/c1-14-11-19-16(12-17(14)25)22(28)20-21(18-9-5-6-10-26-18)27(24(29)23(20)30-19)13-15-7-3-2-4-8-15/h2-12,21H,13H2,1H3. The first-order valence-electron chi connectivity index (χ1n) is 9.57. The second kappa shape index (κ2) is 7.11. The fourth-order valence-electron chi connectivity index (χ4n) is 3.93. The Hall–Kier alpha value is -3.44. The summed E-state index contributed by atoms with van der Waals surface area (Å²) in [6, 6.07) is 17.8. The van der Waals surface area contributed by atoms with E-state index < -0.39 is 6.04 Å². The van der Waals surface area contributed by atoms with Gasteiger partial charge in [0.05, 0.1) is 16.6 Å². The lowest BCUT2D eigenvalue weighted by Gasteiger charge is -2.24. The molecule has 2 aromatic carbocycles. The summed E-state index contributed by atoms with van der Waals surface area (Å²) in [5.41, 5.74) is 2.76. The van der Waals surface area contributed by atoms with Crippen LogP contribution in [0.5, 0.6) is 0 Å². The van der Waals surface area contributed by atoms with Gasteiger partial charge < -0.3 is 9.32 Å². The van der Waals surface area contributed by atoms with E-state index in [0.29, 0.717) is 33.8 Å². The van der Waals surface area contributed by atoms with Crippen molar-refractivity contribution in [1.82, 2.24) is 9.88 Å². The Kier molecular flexibility index (Phi) is 4.40. The van der Waals surface area contributed by atoms with Gasteiger partial charge in [0.2, 0.25) is 5.76 Å². The molecule has 1 unspecified atom stereocenters. The predicted molar refractivity (Wildman–Crippen MR) is 115 cm³/mol. The predicted octanol–water partition coefficient (Wildman–Crippen LogP) is 4.90. The number of hydrogen-bond acceptors (Lipinski definition) is 4. The van der Waals surface area contributed by atoms with E-state index in [2.05, 4.69) is 4.98 Å². The molecule has 1 aliphatic rings. The van der Waals surface area contributed by atoms with Crippen LogP contribution >= 0.6 is 11.6 Å². The van der Waals surface area contributed by atoms with E-state index in [0.717, 1.165) is 11.1 Å². The van der Waals surface area contributed by atoms with E-state index in [4.69, 9.17) is 16.0 Å². The molecular formula is C24H17ClN2O3. The van der Waals surface area contributed by atoms with Crippen LogP contribution in [-0.2, 0) is 6.54 Å². The van der Waals surface area contributed by atoms with Gasteiger partial charge >= 0.3 is 0 Å². The summed E-state index contributed by atoms with van der Waals surface area (Å²) < 4.78 is 5.98. The van der Waals surface area contributed by atoms with Gasteiger partial charge in [-0.3, -0.25) is 14.6 Å². The third-order valence-electron chi connectivity index (χ3n) is 5.41. The molecule has 1 amide bonds. The van der Waals surface area contributed by atoms with Crippen LogP contribution in [0.2, 0.25) is 5.02 Å². The molecule has 0 fully saturated rings. The van der Waals surface area contributed by atoms with Crippen LogP contribution in [0.3, 0.4) is 0 Å². The summed E-state index contributed by atoms with van der Waals surface area (Å²) in [4.78, 5) is 32.9. The van der Waals surface area contributed by atoms with Crippen molar-refractivity contribution in [3.8, 4) is 0 Å². The fourth-order valence-corrected chi connectivity index (χ4v) is 4.09. The number of rotatable bonds is 3. The van der Waals surface area contributed by atoms with E-state index in [-0.39, 0.29) is 17.1 Å². The number of carbonyl (C=O) groups excluding carboxylic acids is 1. The average Bonchev–Trinajstić information content (AvgIpc) is 3.03. The molecule has 0 N–H and O–H groups in total. The van der Waals surface area contributed by atoms with Crippen LogP contribution < -0.4 is 5.43 Å². The minimum absolute atomic E-state index is 0.0702. The minimum atomic E-state index is -0.630. The number of hydrogen-bond donors (Lipinski definition) is 0. The normalized spacial score (nSPS) is 15.6. The Morgan fingerprint density at radius 1 is 1.07 bits per heavy atom. The van der Waals surface area contributed by atoms with Crippen LogP contribution in [0, 0.1) is 6.92 Å². The lowest BCUT2D eigenvalue weighted by Crippen LogP contribution is -2.29. The monoisotopic (exact) mass is 416 g/mol. The molecule has 0 bridgehead atoms. The molecule has 1 aliphatic heterocycles. The summed E-state index contributed by atoms with van der Waals surface area (Å²) in [6.45, 7) is 2.16. The molecule has 0 spiro atoms. The zero-order chi connectivity index (χ0) is 20.8. The van der Waals surface area contributed by atoms with E-state index in [1.165, 1.54) is 0 Å². The SMILES string of the molecule is Cc1cc2oc3c(c(=O)c2cc1Cl)C(c1ccccn1)N(Cc1ccccc1)C3=O. The molecule has 148 valence electrons. The van der Waals surface area contributed by atoms with Crippen molar-refractivity contribution in [2.45, 2.75) is 19.5 Å². The summed E-state index contributed by atoms with van der Waals surface area (Å²) >= 11 is 6.26. The highest BCUT2D eigenvalue weighted by Gasteiger charge is 2.43. The molecule has 2 aromatic heterocycles. The molecule has 0 radical (unpaired) electrons. The highest BCUT2D eigenvalue weighted by molar-refractivity contribution is 6.32. The van der Waals surface area contributed by atoms with Crippen LogP contribution in [-0.4, -0.2) is 15.8 Å². The maximum atomic E-state index is 13.5. The first-order chi connectivity index (χ1) is 14.5. The van der Waals surface area contributed by atoms with Gasteiger partial charge in [0.1, 0.15) is 11.6 Å². The second-order valence-corrected chi connectivity index (χ2v) is 7.75. The Morgan fingerprint density at radius 2 is 1.83 bits per heavy atom. The second-order valence-electron chi connectivity index (χ2n) is 7.35. The number of nitrogens with zero attached hydrogens (tertiary/aromatic N) is 2. The Balaban J connectivity index is 1.75. The Labute approximate surface area is 177 Å². The number of fused-ring (bicyclic) bond motifs is 2. The maximum absolute atomic E-state index is 13.5. The van der Waals surface area contributed by atoms with Crippen molar-refractivity contribution in [3.63, 3.8) is 0 Å². The van der Waals surface area contributed by atoms with Gasteiger partial charge in [0.25, 0.3) is 5.91 Å². The number of aromatic nitrogens is 1. The van der Waals surface area contributed by atoms with Gasteiger partial charge in [-0.25, -0.2) is 0 Å². The molecule has 0 aliphatic carbocycles. The van der Waals surface area contributed by atoms with Crippen molar-refractivity contribution in [2.24, 2.45) is 0 Å². The summed E-state index contributed by atoms with van der Waals surface area (Å²) in [5.74, 6) is -0.253. The Morgan fingerprint density at radius 3 is 2.57 bits per heavy atom. The zero-order valence-corrected chi connectivity index (χ0v) is 16.9. The maximum Gasteiger partial charge on any atom is 0.291 e. The van der Waals surface area contributed by atoms with Gasteiger partial charge in [-0.15, -0.1) is 0 Å². The van der Waals surface area contributed by atoms with Crippen molar-refractivity contribution in [2.75, 3.05) is 0 Å². The van der Waals surface area contributed by atoms with Crippen molar-refractivity contribution < 1.29 is 9.21 Å². The molecule has 0 saturated carbocycles. The topological polar surface area (TPSA) is 63.4 Å². The highest BCUT2D eigenvalue weighted by Crippen LogP contribution is 2.38. The first-order valence-corrected chi connectivity index (χ1v) is 9.95. The van der Waals surface area contributed by atoms with Gasteiger partial charge in [-0.2, -0.15) is 0 Å². The van der Waals surface area contributed by atoms with E-state index in [1.54, 1.807) is 29.3 Å². The van der Waals surface area contributed by atoms with Crippen LogP contribution in [0.15, 0.2) is 76.1 Å². The Bertz CT molecular complexity index is 1330. The van der Waals surface area contributed by atoms with Crippen LogP contribution in [0.1, 0.15) is 39.0 Å². The third-order valence-corrected chi connectivity index (χ3v) is 5.82. The molecule has 5 rings (SSSR count). The molecule has 5 nitrogen and oxygen atoms in total. The van der Waals surface area contributed by atoms with E-state index in [9.17, 15) is 9.59 Å². The molecule has 1 atom stereocenters. The first kappa shape index (κ1) is 18.6. The van der Waals surface area contributed by atoms with E-state index >= 15 is 0 Å². The minimum Gasteiger partial charge on any atom is -0.450 e. The molecule has 4 aromatic rings. The van der Waals surface area contributed by atoms with Gasteiger partial charge in [-0.1, -0.05) is 48.0 Å². The summed E-state index contributed by atoms with van der Waals surface area (Å²) in [6.07, 6.45) is 1.65. The van der Waals surface area contributed by atoms with Crippen molar-refractivity contribution >= 4 is 28.5 Å². The number of carbonyl (C=O) groups is 1. The quantitative estimate of drug-likeness (QED) is 0.476. The molecule has 6 heteroatoms. The number of pyridine rings is 1. The molecular weight excluding hydrogens is 400 g/mol. The molecule has 30 heavy (non-hydrogen) atoms. The number of amides is 1. The molecule has 3 heterocycles. The van der Waals surface area contributed by atoms with Gasteiger partial charge in [0, 0.05) is 17.8 Å². The molecule has 0 saturated heterocycles. The average molecular weight is 417 g/mol. The van der Waals surface area contributed by atoms with Gasteiger partial charge in [-0.05, 0) is 42.3 Å². The lowest BCUT2D eigenvalue weighted by atomic mass is 10.0. The number of halogens is 1. The lowest BCUT2D eigenvalue weighted by molar-refractivity contribution is 0.0712.